The predicted molar refractivity (Wildman–Crippen MR) is 113 cm³/mol. The third-order valence-electron chi connectivity index (χ3n) is 5.77. The number of hydrogen-bond donors (Lipinski definition) is 2. The van der Waals surface area contributed by atoms with Crippen molar-refractivity contribution in [2.75, 3.05) is 31.2 Å². The van der Waals surface area contributed by atoms with Crippen LogP contribution in [-0.4, -0.2) is 50.2 Å². The van der Waals surface area contributed by atoms with Crippen LogP contribution in [0.15, 0.2) is 30.6 Å². The van der Waals surface area contributed by atoms with E-state index in [1.54, 1.807) is 24.5 Å². The summed E-state index contributed by atoms with van der Waals surface area (Å²) in [5.41, 5.74) is 2.99. The fourth-order valence-electron chi connectivity index (χ4n) is 4.43. The highest BCUT2D eigenvalue weighted by Gasteiger charge is 2.28. The molecule has 4 rings (SSSR count). The van der Waals surface area contributed by atoms with Gasteiger partial charge in [-0.15, -0.1) is 0 Å². The Morgan fingerprint density at radius 3 is 2.70 bits per heavy atom. The molecular weight excluding hydrogens is 407 g/mol. The van der Waals surface area contributed by atoms with Crippen molar-refractivity contribution in [1.29, 1.82) is 0 Å². The number of carbonyl (C=O) groups is 1. The van der Waals surface area contributed by atoms with Crippen LogP contribution in [0.5, 0.6) is 0 Å². The Labute approximate surface area is 175 Å². The van der Waals surface area contributed by atoms with E-state index in [9.17, 15) is 17.6 Å². The second-order valence-corrected chi connectivity index (χ2v) is 9.85. The Balaban J connectivity index is 1.58. The van der Waals surface area contributed by atoms with Crippen LogP contribution >= 0.6 is 0 Å². The first kappa shape index (κ1) is 20.7. The Bertz CT molecular complexity index is 1060. The lowest BCUT2D eigenvalue weighted by atomic mass is 9.97. The Hall–Kier alpha value is -2.52. The van der Waals surface area contributed by atoms with Crippen molar-refractivity contribution in [1.82, 2.24) is 14.6 Å². The maximum Gasteiger partial charge on any atom is 0.332 e. The first-order chi connectivity index (χ1) is 14.3. The van der Waals surface area contributed by atoms with Crippen molar-refractivity contribution in [2.24, 2.45) is 5.92 Å². The molecule has 1 aliphatic heterocycles. The maximum absolute atomic E-state index is 14.6. The van der Waals surface area contributed by atoms with Gasteiger partial charge in [0.2, 0.25) is 10.0 Å². The molecule has 1 aliphatic carbocycles. The molecule has 1 aromatic carbocycles. The number of halogens is 1. The summed E-state index contributed by atoms with van der Waals surface area (Å²) in [6, 6.07) is 4.04. The van der Waals surface area contributed by atoms with Crippen molar-refractivity contribution in [2.45, 2.75) is 25.7 Å². The number of carbonyl (C=O) groups excluding carboxylic acids is 1. The number of nitrogens with one attached hydrogen (secondary N) is 2. The lowest BCUT2D eigenvalue weighted by Crippen LogP contribution is -2.38. The molecule has 30 heavy (non-hydrogen) atoms. The minimum absolute atomic E-state index is 0.00254. The zero-order chi connectivity index (χ0) is 21.3. The molecule has 9 heteroatoms. The van der Waals surface area contributed by atoms with Gasteiger partial charge < -0.3 is 10.2 Å². The number of likely N-dealkylation sites (tertiary alicyclic amines) is 1. The van der Waals surface area contributed by atoms with Crippen LogP contribution in [0, 0.1) is 11.7 Å². The standard InChI is InChI=1S/C21H25FN4O3S/c1-26-10-7-14(12-26)13-30(28,29)25-21(27)24-20-17-4-2-3-16(17)19(22)11-18(20)15-5-8-23-9-6-15/h5-6,8-9,11,14H,2-4,7,10,12-13H2,1H3,(H2,24,25,27). The fraction of sp³-hybridized carbons (Fsp3) is 0.429. The first-order valence-corrected chi connectivity index (χ1v) is 11.7. The molecule has 2 N–H and O–H groups in total. The maximum atomic E-state index is 14.6. The summed E-state index contributed by atoms with van der Waals surface area (Å²) >= 11 is 0. The molecule has 1 saturated heterocycles. The largest absolute Gasteiger partial charge is 0.332 e. The topological polar surface area (TPSA) is 91.4 Å². The molecule has 0 bridgehead atoms. The van der Waals surface area contributed by atoms with Crippen LogP contribution < -0.4 is 10.0 Å². The smallest absolute Gasteiger partial charge is 0.306 e. The number of amides is 2. The van der Waals surface area contributed by atoms with E-state index in [4.69, 9.17) is 0 Å². The number of hydrogen-bond acceptors (Lipinski definition) is 5. The van der Waals surface area contributed by atoms with Crippen molar-refractivity contribution in [3.63, 3.8) is 0 Å². The summed E-state index contributed by atoms with van der Waals surface area (Å²) in [5, 5.41) is 2.70. The van der Waals surface area contributed by atoms with Crippen molar-refractivity contribution >= 4 is 21.7 Å². The fourth-order valence-corrected chi connectivity index (χ4v) is 5.74. The quantitative estimate of drug-likeness (QED) is 0.758. The summed E-state index contributed by atoms with van der Waals surface area (Å²) in [6.45, 7) is 1.55. The molecule has 2 aliphatic rings. The van der Waals surface area contributed by atoms with Crippen LogP contribution in [0.4, 0.5) is 14.9 Å². The second kappa shape index (κ2) is 8.31. The van der Waals surface area contributed by atoms with Gasteiger partial charge in [0, 0.05) is 24.5 Å². The highest BCUT2D eigenvalue weighted by molar-refractivity contribution is 7.90. The third kappa shape index (κ3) is 4.46. The predicted octanol–water partition coefficient (Wildman–Crippen LogP) is 2.78. The van der Waals surface area contributed by atoms with Crippen LogP contribution in [0.2, 0.25) is 0 Å². The zero-order valence-electron chi connectivity index (χ0n) is 16.8. The van der Waals surface area contributed by atoms with Gasteiger partial charge in [-0.25, -0.2) is 22.3 Å². The lowest BCUT2D eigenvalue weighted by Gasteiger charge is -2.18. The number of fused-ring (bicyclic) bond motifs is 1. The minimum atomic E-state index is -3.78. The Morgan fingerprint density at radius 1 is 1.27 bits per heavy atom. The highest BCUT2D eigenvalue weighted by Crippen LogP contribution is 2.39. The monoisotopic (exact) mass is 432 g/mol. The van der Waals surface area contributed by atoms with E-state index < -0.39 is 16.1 Å². The number of pyridine rings is 1. The summed E-state index contributed by atoms with van der Waals surface area (Å²) in [7, 11) is -1.83. The highest BCUT2D eigenvalue weighted by atomic mass is 32.2. The van der Waals surface area contributed by atoms with E-state index in [2.05, 4.69) is 19.9 Å². The van der Waals surface area contributed by atoms with Crippen molar-refractivity contribution < 1.29 is 17.6 Å². The Kier molecular flexibility index (Phi) is 5.75. The minimum Gasteiger partial charge on any atom is -0.306 e. The number of anilines is 1. The van der Waals surface area contributed by atoms with Gasteiger partial charge in [0.05, 0.1) is 11.4 Å². The molecule has 160 valence electrons. The Morgan fingerprint density at radius 2 is 2.00 bits per heavy atom. The van der Waals surface area contributed by atoms with Crippen LogP contribution in [0.25, 0.3) is 11.1 Å². The van der Waals surface area contributed by atoms with E-state index in [1.165, 1.54) is 6.07 Å². The van der Waals surface area contributed by atoms with E-state index in [1.807, 2.05) is 7.05 Å². The molecule has 1 aromatic heterocycles. The molecule has 0 saturated carbocycles. The first-order valence-electron chi connectivity index (χ1n) is 10.1. The second-order valence-electron chi connectivity index (χ2n) is 8.08. The number of rotatable bonds is 5. The molecule has 0 radical (unpaired) electrons. The number of sulfonamides is 1. The summed E-state index contributed by atoms with van der Waals surface area (Å²) in [6.07, 6.45) is 5.98. The van der Waals surface area contributed by atoms with Gasteiger partial charge in [-0.2, -0.15) is 0 Å². The summed E-state index contributed by atoms with van der Waals surface area (Å²) < 4.78 is 41.7. The van der Waals surface area contributed by atoms with Gasteiger partial charge >= 0.3 is 6.03 Å². The van der Waals surface area contributed by atoms with Crippen LogP contribution in [-0.2, 0) is 22.9 Å². The molecule has 1 fully saturated rings. The van der Waals surface area contributed by atoms with Gasteiger partial charge in [0.25, 0.3) is 0 Å². The molecule has 2 amide bonds. The SMILES string of the molecule is CN1CCC(CS(=O)(=O)NC(=O)Nc2c(-c3ccncc3)cc(F)c3c2CCC3)C1. The molecule has 2 aromatic rings. The number of benzene rings is 1. The van der Waals surface area contributed by atoms with E-state index in [0.29, 0.717) is 41.8 Å². The van der Waals surface area contributed by atoms with Crippen LogP contribution in [0.3, 0.4) is 0 Å². The van der Waals surface area contributed by atoms with Gasteiger partial charge in [-0.3, -0.25) is 4.98 Å². The molecule has 0 spiro atoms. The average Bonchev–Trinajstić information content (AvgIpc) is 3.33. The molecule has 1 atom stereocenters. The number of nitrogens with zero attached hydrogens (tertiary/aromatic N) is 2. The summed E-state index contributed by atoms with van der Waals surface area (Å²) in [5.74, 6) is -0.398. The summed E-state index contributed by atoms with van der Waals surface area (Å²) in [4.78, 5) is 18.7. The van der Waals surface area contributed by atoms with Crippen LogP contribution in [0.1, 0.15) is 24.0 Å². The molecule has 1 unspecified atom stereocenters. The zero-order valence-corrected chi connectivity index (χ0v) is 17.6. The van der Waals surface area contributed by atoms with Gasteiger partial charge in [0.1, 0.15) is 5.82 Å². The normalized spacial score (nSPS) is 18.9. The van der Waals surface area contributed by atoms with Gasteiger partial charge in [0.15, 0.2) is 0 Å². The third-order valence-corrected chi connectivity index (χ3v) is 7.18. The van der Waals surface area contributed by atoms with Gasteiger partial charge in [-0.05, 0) is 80.1 Å². The number of urea groups is 1. The number of aromatic nitrogens is 1. The average molecular weight is 433 g/mol. The van der Waals surface area contributed by atoms with E-state index in [-0.39, 0.29) is 17.5 Å². The molecule has 2 heterocycles. The molecular formula is C21H25FN4O3S. The van der Waals surface area contributed by atoms with E-state index in [0.717, 1.165) is 24.9 Å². The lowest BCUT2D eigenvalue weighted by molar-refractivity contribution is 0.256. The van der Waals surface area contributed by atoms with Crippen molar-refractivity contribution in [3.8, 4) is 11.1 Å². The molecule has 7 nitrogen and oxygen atoms in total. The van der Waals surface area contributed by atoms with Crippen molar-refractivity contribution in [3.05, 3.63) is 47.5 Å². The van der Waals surface area contributed by atoms with Gasteiger partial charge in [-0.1, -0.05) is 0 Å². The van der Waals surface area contributed by atoms with E-state index >= 15 is 0 Å².